The van der Waals surface area contributed by atoms with Crippen LogP contribution in [0.15, 0.2) is 30.3 Å². The zero-order valence-electron chi connectivity index (χ0n) is 12.2. The summed E-state index contributed by atoms with van der Waals surface area (Å²) < 4.78 is 0. The maximum absolute atomic E-state index is 12.2. The summed E-state index contributed by atoms with van der Waals surface area (Å²) in [6.07, 6.45) is 0.745. The van der Waals surface area contributed by atoms with Crippen molar-refractivity contribution in [3.8, 4) is 0 Å². The number of carboxylic acids is 1. The SMILES string of the molecule is CCC(NC(=O)N(CC(=O)O)C(C)C)c1ccccc1. The Hall–Kier alpha value is -2.04. The predicted octanol–water partition coefficient (Wildman–Crippen LogP) is 2.64. The molecule has 110 valence electrons. The van der Waals surface area contributed by atoms with Crippen molar-refractivity contribution in [2.45, 2.75) is 39.3 Å². The standard InChI is InChI=1S/C15H22N2O3/c1-4-13(12-8-6-5-7-9-12)16-15(20)17(11(2)3)10-14(18)19/h5-9,11,13H,4,10H2,1-3H3,(H,16,20)(H,18,19). The summed E-state index contributed by atoms with van der Waals surface area (Å²) in [5.41, 5.74) is 1.02. The van der Waals surface area contributed by atoms with E-state index in [1.807, 2.05) is 37.3 Å². The van der Waals surface area contributed by atoms with E-state index in [4.69, 9.17) is 5.11 Å². The molecule has 1 atom stereocenters. The fraction of sp³-hybridized carbons (Fsp3) is 0.467. The number of hydrogen-bond donors (Lipinski definition) is 2. The monoisotopic (exact) mass is 278 g/mol. The average molecular weight is 278 g/mol. The number of aliphatic carboxylic acids is 1. The third-order valence-corrected chi connectivity index (χ3v) is 3.10. The van der Waals surface area contributed by atoms with Crippen LogP contribution >= 0.6 is 0 Å². The van der Waals surface area contributed by atoms with E-state index < -0.39 is 5.97 Å². The topological polar surface area (TPSA) is 69.6 Å². The molecule has 2 amide bonds. The molecule has 0 aliphatic heterocycles. The minimum absolute atomic E-state index is 0.112. The lowest BCUT2D eigenvalue weighted by Gasteiger charge is -2.28. The highest BCUT2D eigenvalue weighted by atomic mass is 16.4. The number of rotatable bonds is 6. The van der Waals surface area contributed by atoms with Crippen LogP contribution < -0.4 is 5.32 Å². The van der Waals surface area contributed by atoms with E-state index in [0.29, 0.717) is 0 Å². The van der Waals surface area contributed by atoms with E-state index in [9.17, 15) is 9.59 Å². The molecule has 0 fully saturated rings. The number of urea groups is 1. The first-order valence-corrected chi connectivity index (χ1v) is 6.79. The zero-order valence-corrected chi connectivity index (χ0v) is 12.2. The van der Waals surface area contributed by atoms with Gasteiger partial charge in [0.05, 0.1) is 6.04 Å². The molecule has 0 aliphatic carbocycles. The van der Waals surface area contributed by atoms with E-state index in [1.165, 1.54) is 4.90 Å². The van der Waals surface area contributed by atoms with Gasteiger partial charge in [-0.15, -0.1) is 0 Å². The summed E-state index contributed by atoms with van der Waals surface area (Å²) in [5.74, 6) is -1.01. The smallest absolute Gasteiger partial charge is 0.323 e. The minimum atomic E-state index is -1.01. The van der Waals surface area contributed by atoms with Crippen LogP contribution in [0.5, 0.6) is 0 Å². The van der Waals surface area contributed by atoms with Crippen LogP contribution in [0.1, 0.15) is 38.8 Å². The van der Waals surface area contributed by atoms with Crippen LogP contribution in [-0.4, -0.2) is 34.6 Å². The molecule has 1 rings (SSSR count). The van der Waals surface area contributed by atoms with Crippen LogP contribution in [0.4, 0.5) is 4.79 Å². The number of amides is 2. The van der Waals surface area contributed by atoms with Gasteiger partial charge < -0.3 is 15.3 Å². The largest absolute Gasteiger partial charge is 0.480 e. The van der Waals surface area contributed by atoms with Gasteiger partial charge in [0.2, 0.25) is 0 Å². The Balaban J connectivity index is 2.77. The molecule has 5 heteroatoms. The highest BCUT2D eigenvalue weighted by Gasteiger charge is 2.22. The summed E-state index contributed by atoms with van der Waals surface area (Å²) in [4.78, 5) is 24.3. The normalized spacial score (nSPS) is 12.0. The van der Waals surface area contributed by atoms with Crippen molar-refractivity contribution in [1.82, 2.24) is 10.2 Å². The molecule has 0 bridgehead atoms. The lowest BCUT2D eigenvalue weighted by Crippen LogP contribution is -2.47. The van der Waals surface area contributed by atoms with Crippen LogP contribution in [0.25, 0.3) is 0 Å². The third kappa shape index (κ3) is 4.57. The molecule has 0 aliphatic rings. The van der Waals surface area contributed by atoms with Crippen LogP contribution in [0.2, 0.25) is 0 Å². The number of carboxylic acid groups (broad SMARTS) is 1. The molecule has 0 heterocycles. The molecule has 2 N–H and O–H groups in total. The van der Waals surface area contributed by atoms with Gasteiger partial charge in [-0.3, -0.25) is 4.79 Å². The van der Waals surface area contributed by atoms with E-state index in [-0.39, 0.29) is 24.7 Å². The first kappa shape index (κ1) is 16.0. The molecule has 1 aromatic rings. The van der Waals surface area contributed by atoms with Gasteiger partial charge in [-0.05, 0) is 25.8 Å². The molecule has 0 spiro atoms. The van der Waals surface area contributed by atoms with Gasteiger partial charge in [0.15, 0.2) is 0 Å². The van der Waals surface area contributed by atoms with Crippen molar-refractivity contribution < 1.29 is 14.7 Å². The number of carbonyl (C=O) groups excluding carboxylic acids is 1. The second-order valence-corrected chi connectivity index (χ2v) is 4.94. The maximum atomic E-state index is 12.2. The Kier molecular flexibility index (Phi) is 6.03. The Morgan fingerprint density at radius 3 is 2.30 bits per heavy atom. The van der Waals surface area contributed by atoms with Crippen molar-refractivity contribution in [1.29, 1.82) is 0 Å². The van der Waals surface area contributed by atoms with Gasteiger partial charge in [0, 0.05) is 6.04 Å². The molecular weight excluding hydrogens is 256 g/mol. The van der Waals surface area contributed by atoms with E-state index in [1.54, 1.807) is 13.8 Å². The molecule has 0 saturated carbocycles. The number of nitrogens with zero attached hydrogens (tertiary/aromatic N) is 1. The average Bonchev–Trinajstić information content (AvgIpc) is 2.42. The van der Waals surface area contributed by atoms with Gasteiger partial charge in [-0.1, -0.05) is 37.3 Å². The highest BCUT2D eigenvalue weighted by Crippen LogP contribution is 2.16. The molecule has 1 unspecified atom stereocenters. The van der Waals surface area contributed by atoms with Crippen molar-refractivity contribution in [3.05, 3.63) is 35.9 Å². The van der Waals surface area contributed by atoms with Crippen molar-refractivity contribution in [2.75, 3.05) is 6.54 Å². The van der Waals surface area contributed by atoms with E-state index >= 15 is 0 Å². The number of nitrogens with one attached hydrogen (secondary N) is 1. The maximum Gasteiger partial charge on any atom is 0.323 e. The molecule has 1 aromatic carbocycles. The fourth-order valence-electron chi connectivity index (χ4n) is 1.97. The molecule has 0 radical (unpaired) electrons. The molecule has 5 nitrogen and oxygen atoms in total. The number of hydrogen-bond acceptors (Lipinski definition) is 2. The Morgan fingerprint density at radius 1 is 1.25 bits per heavy atom. The van der Waals surface area contributed by atoms with Crippen molar-refractivity contribution >= 4 is 12.0 Å². The second-order valence-electron chi connectivity index (χ2n) is 4.94. The molecule has 20 heavy (non-hydrogen) atoms. The Labute approximate surface area is 119 Å². The minimum Gasteiger partial charge on any atom is -0.480 e. The van der Waals surface area contributed by atoms with Crippen LogP contribution in [-0.2, 0) is 4.79 Å². The zero-order chi connectivity index (χ0) is 15.1. The van der Waals surface area contributed by atoms with Gasteiger partial charge >= 0.3 is 12.0 Å². The van der Waals surface area contributed by atoms with Crippen LogP contribution in [0.3, 0.4) is 0 Å². The summed E-state index contributed by atoms with van der Waals surface area (Å²) >= 11 is 0. The van der Waals surface area contributed by atoms with Gasteiger partial charge in [-0.2, -0.15) is 0 Å². The second kappa shape index (κ2) is 7.53. The molecule has 0 aromatic heterocycles. The Morgan fingerprint density at radius 2 is 1.85 bits per heavy atom. The third-order valence-electron chi connectivity index (χ3n) is 3.10. The van der Waals surface area contributed by atoms with Gasteiger partial charge in [0.1, 0.15) is 6.54 Å². The van der Waals surface area contributed by atoms with Gasteiger partial charge in [-0.25, -0.2) is 4.79 Å². The van der Waals surface area contributed by atoms with Gasteiger partial charge in [0.25, 0.3) is 0 Å². The van der Waals surface area contributed by atoms with Crippen molar-refractivity contribution in [3.63, 3.8) is 0 Å². The Bertz CT molecular complexity index is 446. The summed E-state index contributed by atoms with van der Waals surface area (Å²) in [7, 11) is 0. The quantitative estimate of drug-likeness (QED) is 0.840. The summed E-state index contributed by atoms with van der Waals surface area (Å²) in [5, 5.41) is 11.8. The number of benzene rings is 1. The summed E-state index contributed by atoms with van der Waals surface area (Å²) in [6.45, 7) is 5.28. The molecular formula is C15H22N2O3. The lowest BCUT2D eigenvalue weighted by molar-refractivity contribution is -0.138. The highest BCUT2D eigenvalue weighted by molar-refractivity contribution is 5.80. The van der Waals surface area contributed by atoms with Crippen LogP contribution in [0, 0.1) is 0 Å². The summed E-state index contributed by atoms with van der Waals surface area (Å²) in [6, 6.07) is 9.03. The number of carbonyl (C=O) groups is 2. The predicted molar refractivity (Wildman–Crippen MR) is 77.5 cm³/mol. The first-order valence-electron chi connectivity index (χ1n) is 6.79. The van der Waals surface area contributed by atoms with E-state index in [2.05, 4.69) is 5.32 Å². The lowest BCUT2D eigenvalue weighted by atomic mass is 10.1. The molecule has 0 saturated heterocycles. The van der Waals surface area contributed by atoms with Crippen molar-refractivity contribution in [2.24, 2.45) is 0 Å². The fourth-order valence-corrected chi connectivity index (χ4v) is 1.97. The van der Waals surface area contributed by atoms with E-state index in [0.717, 1.165) is 12.0 Å². The first-order chi connectivity index (χ1) is 9.45.